The van der Waals surface area contributed by atoms with Gasteiger partial charge in [-0.3, -0.25) is 0 Å². The number of hydrogen-bond donors (Lipinski definition) is 2. The summed E-state index contributed by atoms with van der Waals surface area (Å²) >= 11 is 12.0. The van der Waals surface area contributed by atoms with Crippen molar-refractivity contribution in [2.24, 2.45) is 0 Å². The van der Waals surface area contributed by atoms with Gasteiger partial charge in [-0.15, -0.1) is 0 Å². The standard InChI is InChI=1S/C15H23Cl2NO2/c1-3-6-11(4-2)18-9-12(19)10-20-15-13(16)7-5-8-14(15)17/h5,7-8,11-12,18-19H,3-4,6,9-10H2,1-2H3. The maximum atomic E-state index is 9.93. The number of benzene rings is 1. The smallest absolute Gasteiger partial charge is 0.156 e. The number of rotatable bonds is 9. The zero-order valence-corrected chi connectivity index (χ0v) is 13.5. The molecule has 20 heavy (non-hydrogen) atoms. The van der Waals surface area contributed by atoms with E-state index in [1.165, 1.54) is 0 Å². The Bertz CT molecular complexity index is 381. The maximum absolute atomic E-state index is 9.93. The molecule has 0 aliphatic carbocycles. The van der Waals surface area contributed by atoms with E-state index >= 15 is 0 Å². The van der Waals surface area contributed by atoms with Gasteiger partial charge in [0.2, 0.25) is 0 Å². The van der Waals surface area contributed by atoms with Crippen molar-refractivity contribution in [1.29, 1.82) is 0 Å². The number of ether oxygens (including phenoxy) is 1. The van der Waals surface area contributed by atoms with Crippen LogP contribution in [0.1, 0.15) is 33.1 Å². The minimum absolute atomic E-state index is 0.166. The molecule has 1 aromatic rings. The Balaban J connectivity index is 2.38. The summed E-state index contributed by atoms with van der Waals surface area (Å²) in [4.78, 5) is 0. The van der Waals surface area contributed by atoms with Crippen LogP contribution in [0.2, 0.25) is 10.0 Å². The first-order chi connectivity index (χ1) is 9.58. The molecule has 2 N–H and O–H groups in total. The Hall–Kier alpha value is -0.480. The van der Waals surface area contributed by atoms with Gasteiger partial charge in [-0.1, -0.05) is 49.5 Å². The number of aliphatic hydroxyl groups excluding tert-OH is 1. The SMILES string of the molecule is CCCC(CC)NCC(O)COc1c(Cl)cccc1Cl. The van der Waals surface area contributed by atoms with Gasteiger partial charge in [-0.2, -0.15) is 0 Å². The lowest BCUT2D eigenvalue weighted by molar-refractivity contribution is 0.103. The number of hydrogen-bond acceptors (Lipinski definition) is 3. The molecule has 114 valence electrons. The zero-order chi connectivity index (χ0) is 15.0. The minimum atomic E-state index is -0.590. The van der Waals surface area contributed by atoms with Crippen molar-refractivity contribution >= 4 is 23.2 Å². The molecule has 0 heterocycles. The quantitative estimate of drug-likeness (QED) is 0.725. The van der Waals surface area contributed by atoms with Crippen LogP contribution in [0.15, 0.2) is 18.2 Å². The Labute approximate surface area is 131 Å². The van der Waals surface area contributed by atoms with Gasteiger partial charge in [-0.25, -0.2) is 0 Å². The molecule has 2 atom stereocenters. The van der Waals surface area contributed by atoms with Crippen molar-refractivity contribution in [1.82, 2.24) is 5.32 Å². The highest BCUT2D eigenvalue weighted by molar-refractivity contribution is 6.37. The molecule has 0 radical (unpaired) electrons. The van der Waals surface area contributed by atoms with E-state index in [0.29, 0.717) is 28.4 Å². The fourth-order valence-corrected chi connectivity index (χ4v) is 2.47. The lowest BCUT2D eigenvalue weighted by Gasteiger charge is -2.19. The van der Waals surface area contributed by atoms with E-state index in [-0.39, 0.29) is 6.61 Å². The fraction of sp³-hybridized carbons (Fsp3) is 0.600. The first-order valence-corrected chi connectivity index (χ1v) is 7.82. The van der Waals surface area contributed by atoms with Gasteiger partial charge in [0, 0.05) is 12.6 Å². The predicted molar refractivity (Wildman–Crippen MR) is 85.0 cm³/mol. The second-order valence-electron chi connectivity index (χ2n) is 4.82. The van der Waals surface area contributed by atoms with Crippen LogP contribution in [0.3, 0.4) is 0 Å². The van der Waals surface area contributed by atoms with Crippen molar-refractivity contribution in [2.75, 3.05) is 13.2 Å². The maximum Gasteiger partial charge on any atom is 0.156 e. The van der Waals surface area contributed by atoms with E-state index in [1.807, 2.05) is 0 Å². The average molecular weight is 320 g/mol. The predicted octanol–water partition coefficient (Wildman–Crippen LogP) is 3.90. The molecule has 1 rings (SSSR count). The third-order valence-corrected chi connectivity index (χ3v) is 3.71. The van der Waals surface area contributed by atoms with Crippen molar-refractivity contribution < 1.29 is 9.84 Å². The molecular formula is C15H23Cl2NO2. The van der Waals surface area contributed by atoms with E-state index < -0.39 is 6.10 Å². The van der Waals surface area contributed by atoms with Crippen LogP contribution >= 0.6 is 23.2 Å². The van der Waals surface area contributed by atoms with Crippen molar-refractivity contribution in [3.8, 4) is 5.75 Å². The Kier molecular flexibility index (Phi) is 8.31. The monoisotopic (exact) mass is 319 g/mol. The number of aliphatic hydroxyl groups is 1. The third-order valence-electron chi connectivity index (χ3n) is 3.11. The van der Waals surface area contributed by atoms with Crippen molar-refractivity contribution in [3.63, 3.8) is 0 Å². The highest BCUT2D eigenvalue weighted by atomic mass is 35.5. The molecular weight excluding hydrogens is 297 g/mol. The van der Waals surface area contributed by atoms with Crippen LogP contribution in [0.25, 0.3) is 0 Å². The fourth-order valence-electron chi connectivity index (χ4n) is 1.96. The van der Waals surface area contributed by atoms with E-state index in [9.17, 15) is 5.11 Å². The molecule has 0 aliphatic heterocycles. The van der Waals surface area contributed by atoms with Crippen LogP contribution in [0, 0.1) is 0 Å². The topological polar surface area (TPSA) is 41.5 Å². The molecule has 2 unspecified atom stereocenters. The molecule has 0 saturated heterocycles. The van der Waals surface area contributed by atoms with Crippen molar-refractivity contribution in [2.45, 2.75) is 45.3 Å². The van der Waals surface area contributed by atoms with Gasteiger partial charge in [-0.05, 0) is 25.0 Å². The minimum Gasteiger partial charge on any atom is -0.488 e. The molecule has 0 amide bonds. The van der Waals surface area contributed by atoms with Gasteiger partial charge in [0.25, 0.3) is 0 Å². The Morgan fingerprint density at radius 3 is 2.45 bits per heavy atom. The Morgan fingerprint density at radius 2 is 1.90 bits per heavy atom. The van der Waals surface area contributed by atoms with Crippen LogP contribution in [0.5, 0.6) is 5.75 Å². The molecule has 3 nitrogen and oxygen atoms in total. The summed E-state index contributed by atoms with van der Waals surface area (Å²) in [5.41, 5.74) is 0. The molecule has 5 heteroatoms. The second-order valence-corrected chi connectivity index (χ2v) is 5.63. The lowest BCUT2D eigenvalue weighted by Crippen LogP contribution is -2.37. The van der Waals surface area contributed by atoms with Gasteiger partial charge >= 0.3 is 0 Å². The summed E-state index contributed by atoms with van der Waals surface area (Å²) in [5.74, 6) is 0.426. The first-order valence-electron chi connectivity index (χ1n) is 7.06. The average Bonchev–Trinajstić information content (AvgIpc) is 2.42. The van der Waals surface area contributed by atoms with Crippen LogP contribution < -0.4 is 10.1 Å². The summed E-state index contributed by atoms with van der Waals surface area (Å²) in [6.07, 6.45) is 2.71. The van der Waals surface area contributed by atoms with Crippen molar-refractivity contribution in [3.05, 3.63) is 28.2 Å². The molecule has 1 aromatic carbocycles. The highest BCUT2D eigenvalue weighted by Crippen LogP contribution is 2.32. The van der Waals surface area contributed by atoms with E-state index in [0.717, 1.165) is 19.3 Å². The summed E-state index contributed by atoms with van der Waals surface area (Å²) in [7, 11) is 0. The van der Waals surface area contributed by atoms with Crippen LogP contribution in [-0.2, 0) is 0 Å². The number of nitrogens with one attached hydrogen (secondary N) is 1. The van der Waals surface area contributed by atoms with E-state index in [1.54, 1.807) is 18.2 Å². The van der Waals surface area contributed by atoms with Gasteiger partial charge < -0.3 is 15.2 Å². The highest BCUT2D eigenvalue weighted by Gasteiger charge is 2.12. The zero-order valence-electron chi connectivity index (χ0n) is 12.0. The van der Waals surface area contributed by atoms with E-state index in [4.69, 9.17) is 27.9 Å². The summed E-state index contributed by atoms with van der Waals surface area (Å²) in [5, 5.41) is 14.2. The van der Waals surface area contributed by atoms with Gasteiger partial charge in [0.15, 0.2) is 5.75 Å². The lowest BCUT2D eigenvalue weighted by atomic mass is 10.1. The largest absolute Gasteiger partial charge is 0.488 e. The normalized spacial score (nSPS) is 14.1. The first kappa shape index (κ1) is 17.6. The summed E-state index contributed by atoms with van der Waals surface area (Å²) in [6.45, 7) is 4.96. The Morgan fingerprint density at radius 1 is 1.25 bits per heavy atom. The van der Waals surface area contributed by atoms with Crippen LogP contribution in [0.4, 0.5) is 0 Å². The number of halogens is 2. The van der Waals surface area contributed by atoms with Gasteiger partial charge in [0.1, 0.15) is 12.7 Å². The molecule has 0 bridgehead atoms. The molecule has 0 aliphatic rings. The second kappa shape index (κ2) is 9.46. The molecule has 0 aromatic heterocycles. The van der Waals surface area contributed by atoms with E-state index in [2.05, 4.69) is 19.2 Å². The summed E-state index contributed by atoms with van der Waals surface area (Å²) in [6, 6.07) is 5.62. The molecule has 0 saturated carbocycles. The molecule has 0 spiro atoms. The van der Waals surface area contributed by atoms with Crippen LogP contribution in [-0.4, -0.2) is 30.4 Å². The third kappa shape index (κ3) is 5.88. The molecule has 0 fully saturated rings. The summed E-state index contributed by atoms with van der Waals surface area (Å²) < 4.78 is 5.50. The number of para-hydroxylation sites is 1. The van der Waals surface area contributed by atoms with Gasteiger partial charge in [0.05, 0.1) is 10.0 Å².